The first kappa shape index (κ1) is 12.3. The molecule has 1 aromatic heterocycles. The van der Waals surface area contributed by atoms with Crippen molar-refractivity contribution in [2.24, 2.45) is 5.41 Å². The lowest BCUT2D eigenvalue weighted by Gasteiger charge is -2.28. The van der Waals surface area contributed by atoms with Crippen molar-refractivity contribution in [3.63, 3.8) is 0 Å². The normalized spacial score (nSPS) is 16.9. The van der Waals surface area contributed by atoms with Crippen molar-refractivity contribution in [3.05, 3.63) is 27.4 Å². The number of H-pyrrole nitrogens is 1. The molecule has 1 heterocycles. The highest BCUT2D eigenvalue weighted by atomic mass is 16.5. The Balaban J connectivity index is 2.46. The van der Waals surface area contributed by atoms with E-state index in [9.17, 15) is 4.79 Å². The minimum absolute atomic E-state index is 0.00815. The van der Waals surface area contributed by atoms with Crippen LogP contribution in [0, 0.1) is 5.41 Å². The van der Waals surface area contributed by atoms with Crippen LogP contribution in [-0.4, -0.2) is 17.1 Å². The summed E-state index contributed by atoms with van der Waals surface area (Å²) in [6.07, 6.45) is 2.61. The van der Waals surface area contributed by atoms with E-state index in [4.69, 9.17) is 4.74 Å². The number of nitrogens with zero attached hydrogens (tertiary/aromatic N) is 1. The molecule has 0 aliphatic heterocycles. The number of aromatic amines is 1. The SMILES string of the molecule is COC(c1nc2c(c(=O)[nH]1)CCC2)C(C)(C)C. The van der Waals surface area contributed by atoms with Crippen LogP contribution in [0.15, 0.2) is 4.79 Å². The summed E-state index contributed by atoms with van der Waals surface area (Å²) < 4.78 is 5.48. The molecular formula is C13H20N2O2. The van der Waals surface area contributed by atoms with Crippen molar-refractivity contribution in [1.82, 2.24) is 9.97 Å². The molecule has 0 radical (unpaired) electrons. The van der Waals surface area contributed by atoms with Gasteiger partial charge in [0.1, 0.15) is 11.9 Å². The zero-order chi connectivity index (χ0) is 12.6. The molecule has 1 N–H and O–H groups in total. The van der Waals surface area contributed by atoms with Gasteiger partial charge in [0.2, 0.25) is 0 Å². The van der Waals surface area contributed by atoms with E-state index in [-0.39, 0.29) is 17.1 Å². The summed E-state index contributed by atoms with van der Waals surface area (Å²) in [6, 6.07) is 0. The monoisotopic (exact) mass is 236 g/mol. The maximum Gasteiger partial charge on any atom is 0.254 e. The molecule has 1 aliphatic carbocycles. The molecule has 4 nitrogen and oxygen atoms in total. The molecule has 94 valence electrons. The molecule has 0 spiro atoms. The van der Waals surface area contributed by atoms with E-state index in [2.05, 4.69) is 30.7 Å². The van der Waals surface area contributed by atoms with Gasteiger partial charge in [-0.2, -0.15) is 0 Å². The number of aryl methyl sites for hydroxylation is 1. The second-order valence-corrected chi connectivity index (χ2v) is 5.71. The van der Waals surface area contributed by atoms with Gasteiger partial charge in [-0.25, -0.2) is 4.98 Å². The van der Waals surface area contributed by atoms with Gasteiger partial charge in [0.25, 0.3) is 5.56 Å². The molecule has 0 fully saturated rings. The summed E-state index contributed by atoms with van der Waals surface area (Å²) >= 11 is 0. The fourth-order valence-electron chi connectivity index (χ4n) is 2.46. The quantitative estimate of drug-likeness (QED) is 0.854. The van der Waals surface area contributed by atoms with Gasteiger partial charge in [0.15, 0.2) is 0 Å². The first-order valence-corrected chi connectivity index (χ1v) is 6.08. The molecule has 1 atom stereocenters. The van der Waals surface area contributed by atoms with Crippen LogP contribution < -0.4 is 5.56 Å². The van der Waals surface area contributed by atoms with E-state index in [0.717, 1.165) is 30.5 Å². The molecule has 0 saturated heterocycles. The largest absolute Gasteiger partial charge is 0.373 e. The van der Waals surface area contributed by atoms with Crippen LogP contribution in [0.2, 0.25) is 0 Å². The first-order chi connectivity index (χ1) is 7.93. The predicted molar refractivity (Wildman–Crippen MR) is 66.1 cm³/mol. The lowest BCUT2D eigenvalue weighted by atomic mass is 9.88. The summed E-state index contributed by atoms with van der Waals surface area (Å²) in [5, 5.41) is 0. The third-order valence-corrected chi connectivity index (χ3v) is 3.23. The Bertz CT molecular complexity index is 471. The lowest BCUT2D eigenvalue weighted by Crippen LogP contribution is -2.26. The molecule has 4 heteroatoms. The van der Waals surface area contributed by atoms with Gasteiger partial charge in [-0.3, -0.25) is 4.79 Å². The van der Waals surface area contributed by atoms with Gasteiger partial charge in [-0.1, -0.05) is 20.8 Å². The van der Waals surface area contributed by atoms with Crippen molar-refractivity contribution in [2.75, 3.05) is 7.11 Å². The Labute approximate surface area is 101 Å². The fraction of sp³-hybridized carbons (Fsp3) is 0.692. The number of hydrogen-bond acceptors (Lipinski definition) is 3. The average Bonchev–Trinajstić information content (AvgIpc) is 2.64. The minimum atomic E-state index is -0.180. The first-order valence-electron chi connectivity index (χ1n) is 6.08. The number of rotatable bonds is 2. The van der Waals surface area contributed by atoms with Crippen molar-refractivity contribution in [3.8, 4) is 0 Å². The van der Waals surface area contributed by atoms with E-state index in [1.807, 2.05) is 0 Å². The fourth-order valence-corrected chi connectivity index (χ4v) is 2.46. The summed E-state index contributed by atoms with van der Waals surface area (Å²) in [5.74, 6) is 0.658. The molecule has 2 rings (SSSR count). The minimum Gasteiger partial charge on any atom is -0.373 e. The second kappa shape index (κ2) is 4.26. The standard InChI is InChI=1S/C13H20N2O2/c1-13(2,3)10(17-4)11-14-9-7-5-6-8(9)12(16)15-11/h10H,5-7H2,1-4H3,(H,14,15,16). The van der Waals surface area contributed by atoms with Gasteiger partial charge in [-0.05, 0) is 24.7 Å². The van der Waals surface area contributed by atoms with E-state index in [0.29, 0.717) is 5.82 Å². The summed E-state index contributed by atoms with van der Waals surface area (Å²) in [6.45, 7) is 6.23. The number of ether oxygens (including phenoxy) is 1. The number of methoxy groups -OCH3 is 1. The predicted octanol–water partition coefficient (Wildman–Crippen LogP) is 1.99. The third-order valence-electron chi connectivity index (χ3n) is 3.23. The van der Waals surface area contributed by atoms with Crippen LogP contribution in [0.25, 0.3) is 0 Å². The zero-order valence-electron chi connectivity index (χ0n) is 11.0. The highest BCUT2D eigenvalue weighted by Gasteiger charge is 2.30. The van der Waals surface area contributed by atoms with Gasteiger partial charge in [0.05, 0.1) is 5.69 Å². The molecule has 1 unspecified atom stereocenters. The molecule has 1 aromatic rings. The highest BCUT2D eigenvalue weighted by molar-refractivity contribution is 5.23. The Hall–Kier alpha value is -1.16. The maximum absolute atomic E-state index is 11.9. The molecule has 17 heavy (non-hydrogen) atoms. The highest BCUT2D eigenvalue weighted by Crippen LogP contribution is 2.33. The van der Waals surface area contributed by atoms with Crippen molar-refractivity contribution in [2.45, 2.75) is 46.1 Å². The van der Waals surface area contributed by atoms with Crippen LogP contribution >= 0.6 is 0 Å². The van der Waals surface area contributed by atoms with Gasteiger partial charge >= 0.3 is 0 Å². The summed E-state index contributed by atoms with van der Waals surface area (Å²) in [5.41, 5.74) is 1.73. The van der Waals surface area contributed by atoms with E-state index in [1.54, 1.807) is 7.11 Å². The molecule has 0 aromatic carbocycles. The maximum atomic E-state index is 11.9. The van der Waals surface area contributed by atoms with Gasteiger partial charge < -0.3 is 9.72 Å². The van der Waals surface area contributed by atoms with E-state index < -0.39 is 0 Å². The molecule has 0 amide bonds. The lowest BCUT2D eigenvalue weighted by molar-refractivity contribution is 0.00834. The van der Waals surface area contributed by atoms with Crippen LogP contribution in [0.5, 0.6) is 0 Å². The van der Waals surface area contributed by atoms with Crippen LogP contribution in [-0.2, 0) is 17.6 Å². The van der Waals surface area contributed by atoms with E-state index >= 15 is 0 Å². The average molecular weight is 236 g/mol. The molecular weight excluding hydrogens is 216 g/mol. The summed E-state index contributed by atoms with van der Waals surface area (Å²) in [7, 11) is 1.66. The number of aromatic nitrogens is 2. The molecule has 1 aliphatic rings. The third kappa shape index (κ3) is 2.27. The Morgan fingerprint density at radius 1 is 1.35 bits per heavy atom. The second-order valence-electron chi connectivity index (χ2n) is 5.71. The van der Waals surface area contributed by atoms with Crippen LogP contribution in [0.4, 0.5) is 0 Å². The van der Waals surface area contributed by atoms with Crippen molar-refractivity contribution < 1.29 is 4.74 Å². The van der Waals surface area contributed by atoms with Crippen LogP contribution in [0.3, 0.4) is 0 Å². The number of hydrogen-bond donors (Lipinski definition) is 1. The van der Waals surface area contributed by atoms with Crippen molar-refractivity contribution >= 4 is 0 Å². The van der Waals surface area contributed by atoms with Crippen LogP contribution in [0.1, 0.15) is 50.4 Å². The van der Waals surface area contributed by atoms with Gasteiger partial charge in [0, 0.05) is 12.7 Å². The Morgan fingerprint density at radius 2 is 2.06 bits per heavy atom. The zero-order valence-corrected chi connectivity index (χ0v) is 11.0. The Morgan fingerprint density at radius 3 is 2.65 bits per heavy atom. The Kier molecular flexibility index (Phi) is 3.08. The molecule has 0 bridgehead atoms. The van der Waals surface area contributed by atoms with E-state index in [1.165, 1.54) is 0 Å². The number of fused-ring (bicyclic) bond motifs is 1. The van der Waals surface area contributed by atoms with Gasteiger partial charge in [-0.15, -0.1) is 0 Å². The smallest absolute Gasteiger partial charge is 0.254 e. The molecule has 0 saturated carbocycles. The van der Waals surface area contributed by atoms with Crippen molar-refractivity contribution in [1.29, 1.82) is 0 Å². The topological polar surface area (TPSA) is 55.0 Å². The number of nitrogens with one attached hydrogen (secondary N) is 1. The summed E-state index contributed by atoms with van der Waals surface area (Å²) in [4.78, 5) is 19.4.